The quantitative estimate of drug-likeness (QED) is 0.721. The van der Waals surface area contributed by atoms with Crippen LogP contribution in [-0.2, 0) is 16.4 Å². The zero-order chi connectivity index (χ0) is 21.9. The Balaban J connectivity index is 1.89. The van der Waals surface area contributed by atoms with Crippen molar-refractivity contribution in [1.29, 1.82) is 0 Å². The summed E-state index contributed by atoms with van der Waals surface area (Å²) in [6.07, 6.45) is 0. The van der Waals surface area contributed by atoms with Gasteiger partial charge in [-0.15, -0.1) is 0 Å². The smallest absolute Gasteiger partial charge is 0.324 e. The molecule has 0 aromatic heterocycles. The van der Waals surface area contributed by atoms with E-state index in [2.05, 4.69) is 0 Å². The molecule has 1 heterocycles. The van der Waals surface area contributed by atoms with E-state index in [-0.39, 0.29) is 48.8 Å². The van der Waals surface area contributed by atoms with Crippen LogP contribution in [0.25, 0.3) is 0 Å². The molecule has 0 unspecified atom stereocenters. The van der Waals surface area contributed by atoms with E-state index in [1.165, 1.54) is 46.2 Å². The van der Waals surface area contributed by atoms with Crippen molar-refractivity contribution >= 4 is 27.3 Å². The van der Waals surface area contributed by atoms with Gasteiger partial charge in [0.15, 0.2) is 15.6 Å². The second-order valence-corrected chi connectivity index (χ2v) is 9.22. The van der Waals surface area contributed by atoms with Crippen LogP contribution in [-0.4, -0.2) is 56.3 Å². The number of benzene rings is 2. The molecule has 160 valence electrons. The highest BCUT2D eigenvalue weighted by Crippen LogP contribution is 2.22. The summed E-state index contributed by atoms with van der Waals surface area (Å²) in [5, 5.41) is 0. The Morgan fingerprint density at radius 2 is 1.67 bits per heavy atom. The number of nitrogens with zero attached hydrogens (tertiary/aromatic N) is 2. The third-order valence-electron chi connectivity index (χ3n) is 4.87. The third kappa shape index (κ3) is 5.00. The fraction of sp³-hybridized carbons (Fsp3) is 0.300. The first-order valence-electron chi connectivity index (χ1n) is 9.24. The zero-order valence-electron chi connectivity index (χ0n) is 16.1. The van der Waals surface area contributed by atoms with Crippen molar-refractivity contribution in [2.75, 3.05) is 36.0 Å². The molecule has 0 atom stereocenters. The van der Waals surface area contributed by atoms with Gasteiger partial charge in [-0.3, -0.25) is 9.69 Å². The number of hydrogen-bond donors (Lipinski definition) is 1. The van der Waals surface area contributed by atoms with Crippen molar-refractivity contribution in [1.82, 2.24) is 4.90 Å². The van der Waals surface area contributed by atoms with Crippen molar-refractivity contribution in [2.24, 2.45) is 5.73 Å². The Hall–Kier alpha value is -2.85. The van der Waals surface area contributed by atoms with Crippen molar-refractivity contribution in [3.05, 3.63) is 65.2 Å². The van der Waals surface area contributed by atoms with Crippen molar-refractivity contribution in [2.45, 2.75) is 6.54 Å². The van der Waals surface area contributed by atoms with E-state index in [1.807, 2.05) is 0 Å². The lowest BCUT2D eigenvalue weighted by molar-refractivity contribution is 0.100. The third-order valence-corrected chi connectivity index (χ3v) is 6.48. The number of nitrogens with two attached hydrogens (primary N) is 1. The Morgan fingerprint density at radius 3 is 2.23 bits per heavy atom. The Morgan fingerprint density at radius 1 is 1.03 bits per heavy atom. The molecule has 1 saturated heterocycles. The highest BCUT2D eigenvalue weighted by molar-refractivity contribution is 7.91. The van der Waals surface area contributed by atoms with Crippen LogP contribution in [0.5, 0.6) is 0 Å². The van der Waals surface area contributed by atoms with Gasteiger partial charge in [0.25, 0.3) is 0 Å². The molecule has 2 aromatic carbocycles. The van der Waals surface area contributed by atoms with E-state index >= 15 is 0 Å². The topological polar surface area (TPSA) is 101 Å². The van der Waals surface area contributed by atoms with Gasteiger partial charge in [0.2, 0.25) is 0 Å². The summed E-state index contributed by atoms with van der Waals surface area (Å²) in [5.74, 6) is -1.90. The van der Waals surface area contributed by atoms with Gasteiger partial charge in [-0.1, -0.05) is 12.1 Å². The number of hydrogen-bond acceptors (Lipinski definition) is 5. The van der Waals surface area contributed by atoms with E-state index in [4.69, 9.17) is 5.73 Å². The monoisotopic (exact) mass is 437 g/mol. The van der Waals surface area contributed by atoms with Gasteiger partial charge < -0.3 is 10.6 Å². The Labute approximate surface area is 173 Å². The van der Waals surface area contributed by atoms with Crippen LogP contribution in [0.15, 0.2) is 42.5 Å². The molecular weight excluding hydrogens is 416 g/mol. The van der Waals surface area contributed by atoms with Gasteiger partial charge in [0, 0.05) is 29.9 Å². The van der Waals surface area contributed by atoms with Crippen molar-refractivity contribution in [3.8, 4) is 0 Å². The molecule has 7 nitrogen and oxygen atoms in total. The summed E-state index contributed by atoms with van der Waals surface area (Å²) in [7, 11) is -3.19. The number of carbonyl (C=O) groups is 2. The molecule has 2 amide bonds. The SMILES string of the molecule is NCC(=O)c1ccc(CN(C(=O)N2CCS(=O)(=O)CC2)c2ccc(F)cc2)c(F)c1. The Kier molecular flexibility index (Phi) is 6.47. The summed E-state index contributed by atoms with van der Waals surface area (Å²) in [6, 6.07) is 8.49. The lowest BCUT2D eigenvalue weighted by Gasteiger charge is -2.33. The number of anilines is 1. The number of carbonyl (C=O) groups excluding carboxylic acids is 2. The summed E-state index contributed by atoms with van der Waals surface area (Å²) in [4.78, 5) is 27.4. The molecule has 1 aliphatic rings. The Bertz CT molecular complexity index is 1040. The second kappa shape index (κ2) is 8.88. The number of halogens is 2. The molecule has 0 radical (unpaired) electrons. The number of Topliss-reactive ketones (excluding diaryl/α,β-unsaturated/α-hetero) is 1. The van der Waals surface area contributed by atoms with Crippen LogP contribution in [0, 0.1) is 11.6 Å². The van der Waals surface area contributed by atoms with Crippen LogP contribution < -0.4 is 10.6 Å². The summed E-state index contributed by atoms with van der Waals surface area (Å²) in [6.45, 7) is -0.399. The number of sulfone groups is 1. The molecule has 3 rings (SSSR count). The maximum Gasteiger partial charge on any atom is 0.324 e. The van der Waals surface area contributed by atoms with Gasteiger partial charge in [-0.05, 0) is 30.3 Å². The van der Waals surface area contributed by atoms with Crippen molar-refractivity contribution in [3.63, 3.8) is 0 Å². The lowest BCUT2D eigenvalue weighted by Crippen LogP contribution is -2.49. The normalized spacial score (nSPS) is 15.6. The molecule has 2 N–H and O–H groups in total. The van der Waals surface area contributed by atoms with Gasteiger partial charge in [-0.2, -0.15) is 0 Å². The maximum absolute atomic E-state index is 14.6. The van der Waals surface area contributed by atoms with Gasteiger partial charge in [-0.25, -0.2) is 22.0 Å². The first kappa shape index (κ1) is 21.8. The van der Waals surface area contributed by atoms with E-state index in [0.717, 1.165) is 6.07 Å². The highest BCUT2D eigenvalue weighted by atomic mass is 32.2. The van der Waals surface area contributed by atoms with E-state index in [9.17, 15) is 26.8 Å². The summed E-state index contributed by atoms with van der Waals surface area (Å²) < 4.78 is 51.3. The second-order valence-electron chi connectivity index (χ2n) is 6.92. The fourth-order valence-corrected chi connectivity index (χ4v) is 4.30. The lowest BCUT2D eigenvalue weighted by atomic mass is 10.1. The average Bonchev–Trinajstić information content (AvgIpc) is 2.72. The number of amides is 2. The molecule has 0 spiro atoms. The van der Waals surface area contributed by atoms with Gasteiger partial charge >= 0.3 is 6.03 Å². The standard InChI is InChI=1S/C20H21F2N3O4S/c21-16-3-5-17(6-4-16)25(20(27)24-7-9-30(28,29)10-8-24)13-15-2-1-14(11-18(15)22)19(26)12-23/h1-6,11H,7-10,12-13,23H2. The fourth-order valence-electron chi connectivity index (χ4n) is 3.10. The summed E-state index contributed by atoms with van der Waals surface area (Å²) >= 11 is 0. The van der Waals surface area contributed by atoms with Crippen LogP contribution in [0.2, 0.25) is 0 Å². The van der Waals surface area contributed by atoms with E-state index in [1.54, 1.807) is 0 Å². The van der Waals surface area contributed by atoms with Crippen LogP contribution in [0.1, 0.15) is 15.9 Å². The minimum absolute atomic E-state index is 0.0191. The van der Waals surface area contributed by atoms with Crippen LogP contribution in [0.4, 0.5) is 19.3 Å². The predicted molar refractivity (Wildman–Crippen MR) is 108 cm³/mol. The zero-order valence-corrected chi connectivity index (χ0v) is 16.9. The minimum Gasteiger partial charge on any atom is -0.324 e. The maximum atomic E-state index is 14.6. The summed E-state index contributed by atoms with van der Waals surface area (Å²) in [5.41, 5.74) is 5.90. The molecular formula is C20H21F2N3O4S. The van der Waals surface area contributed by atoms with E-state index in [0.29, 0.717) is 5.69 Å². The van der Waals surface area contributed by atoms with Crippen molar-refractivity contribution < 1.29 is 26.8 Å². The predicted octanol–water partition coefficient (Wildman–Crippen LogP) is 1.96. The van der Waals surface area contributed by atoms with Crippen LogP contribution >= 0.6 is 0 Å². The number of ketones is 1. The molecule has 1 aliphatic heterocycles. The minimum atomic E-state index is -3.19. The van der Waals surface area contributed by atoms with E-state index < -0.39 is 33.3 Å². The average molecular weight is 437 g/mol. The molecule has 0 bridgehead atoms. The molecule has 2 aromatic rings. The molecule has 30 heavy (non-hydrogen) atoms. The van der Waals surface area contributed by atoms with Crippen LogP contribution in [0.3, 0.4) is 0 Å². The molecule has 1 fully saturated rings. The number of rotatable bonds is 5. The first-order chi connectivity index (χ1) is 14.2. The first-order valence-corrected chi connectivity index (χ1v) is 11.1. The van der Waals surface area contributed by atoms with Gasteiger partial charge in [0.05, 0.1) is 24.6 Å². The molecule has 10 heteroatoms. The largest absolute Gasteiger partial charge is 0.324 e. The molecule has 0 aliphatic carbocycles. The number of urea groups is 1. The van der Waals surface area contributed by atoms with Gasteiger partial charge in [0.1, 0.15) is 11.6 Å². The highest BCUT2D eigenvalue weighted by Gasteiger charge is 2.29. The molecule has 0 saturated carbocycles.